The molecule has 0 spiro atoms. The zero-order chi connectivity index (χ0) is 14.5. The standard InChI is InChI=1S/C14H18N2O4/c1-2-20-14(19)13(18)10-4-3-5-11(8-10)16-7-6-15-9-12(16)17/h3-5,8,13,15,18H,2,6-7,9H2,1H3. The molecule has 1 saturated heterocycles. The smallest absolute Gasteiger partial charge is 0.339 e. The topological polar surface area (TPSA) is 78.9 Å². The van der Waals surface area contributed by atoms with Crippen molar-refractivity contribution in [2.75, 3.05) is 31.1 Å². The summed E-state index contributed by atoms with van der Waals surface area (Å²) >= 11 is 0. The summed E-state index contributed by atoms with van der Waals surface area (Å²) in [6.45, 7) is 3.48. The Kier molecular flexibility index (Phi) is 4.70. The lowest BCUT2D eigenvalue weighted by Crippen LogP contribution is -2.48. The van der Waals surface area contributed by atoms with Crippen molar-refractivity contribution in [3.05, 3.63) is 29.8 Å². The molecule has 2 rings (SSSR count). The first-order chi connectivity index (χ1) is 9.63. The summed E-state index contributed by atoms with van der Waals surface area (Å²) in [6, 6.07) is 6.77. The van der Waals surface area contributed by atoms with Gasteiger partial charge in [-0.1, -0.05) is 12.1 Å². The number of carbonyl (C=O) groups is 2. The molecule has 1 heterocycles. The second-order valence-electron chi connectivity index (χ2n) is 4.47. The first-order valence-corrected chi connectivity index (χ1v) is 6.59. The molecule has 0 saturated carbocycles. The van der Waals surface area contributed by atoms with Crippen LogP contribution in [-0.2, 0) is 14.3 Å². The summed E-state index contributed by atoms with van der Waals surface area (Å²) in [6.07, 6.45) is -1.33. The molecule has 1 aromatic rings. The molecule has 1 amide bonds. The van der Waals surface area contributed by atoms with Gasteiger partial charge < -0.3 is 20.1 Å². The van der Waals surface area contributed by atoms with E-state index in [2.05, 4.69) is 5.32 Å². The zero-order valence-electron chi connectivity index (χ0n) is 11.3. The lowest BCUT2D eigenvalue weighted by atomic mass is 10.1. The largest absolute Gasteiger partial charge is 0.464 e. The summed E-state index contributed by atoms with van der Waals surface area (Å²) in [5.41, 5.74) is 1.10. The quantitative estimate of drug-likeness (QED) is 0.770. The van der Waals surface area contributed by atoms with Crippen LogP contribution in [0.25, 0.3) is 0 Å². The van der Waals surface area contributed by atoms with Crippen LogP contribution >= 0.6 is 0 Å². The van der Waals surface area contributed by atoms with E-state index in [0.717, 1.165) is 6.54 Å². The minimum absolute atomic E-state index is 0.0287. The third-order valence-corrected chi connectivity index (χ3v) is 3.10. The highest BCUT2D eigenvalue weighted by Crippen LogP contribution is 2.22. The minimum Gasteiger partial charge on any atom is -0.464 e. The molecule has 0 aromatic heterocycles. The number of nitrogens with zero attached hydrogens (tertiary/aromatic N) is 1. The van der Waals surface area contributed by atoms with E-state index in [1.54, 1.807) is 36.1 Å². The fourth-order valence-electron chi connectivity index (χ4n) is 2.10. The molecule has 1 aliphatic heterocycles. The lowest BCUT2D eigenvalue weighted by Gasteiger charge is -2.28. The first-order valence-electron chi connectivity index (χ1n) is 6.59. The monoisotopic (exact) mass is 278 g/mol. The molecule has 6 heteroatoms. The maximum atomic E-state index is 11.8. The van der Waals surface area contributed by atoms with Gasteiger partial charge in [0.1, 0.15) is 0 Å². The molecule has 1 aliphatic rings. The van der Waals surface area contributed by atoms with Crippen LogP contribution < -0.4 is 10.2 Å². The number of anilines is 1. The van der Waals surface area contributed by atoms with Crippen molar-refractivity contribution in [3.63, 3.8) is 0 Å². The number of carbonyl (C=O) groups excluding carboxylic acids is 2. The molecule has 0 radical (unpaired) electrons. The van der Waals surface area contributed by atoms with Crippen LogP contribution in [0, 0.1) is 0 Å². The Morgan fingerprint density at radius 2 is 2.35 bits per heavy atom. The average Bonchev–Trinajstić information content (AvgIpc) is 2.47. The number of aliphatic hydroxyl groups is 1. The van der Waals surface area contributed by atoms with Crippen LogP contribution in [0.4, 0.5) is 5.69 Å². The van der Waals surface area contributed by atoms with E-state index in [0.29, 0.717) is 24.3 Å². The van der Waals surface area contributed by atoms with Gasteiger partial charge in [-0.25, -0.2) is 4.79 Å². The van der Waals surface area contributed by atoms with Crippen LogP contribution in [0.5, 0.6) is 0 Å². The van der Waals surface area contributed by atoms with E-state index in [-0.39, 0.29) is 12.5 Å². The highest BCUT2D eigenvalue weighted by Gasteiger charge is 2.22. The third-order valence-electron chi connectivity index (χ3n) is 3.10. The highest BCUT2D eigenvalue weighted by molar-refractivity contribution is 5.95. The van der Waals surface area contributed by atoms with E-state index in [1.165, 1.54) is 0 Å². The second kappa shape index (κ2) is 6.49. The predicted octanol–water partition coefficient (Wildman–Crippen LogP) is 0.219. The van der Waals surface area contributed by atoms with Crippen LogP contribution in [0.3, 0.4) is 0 Å². The molecule has 2 N–H and O–H groups in total. The number of amides is 1. The number of hydrogen-bond donors (Lipinski definition) is 2. The molecule has 1 aromatic carbocycles. The van der Waals surface area contributed by atoms with Gasteiger partial charge in [-0.3, -0.25) is 4.79 Å². The van der Waals surface area contributed by atoms with E-state index >= 15 is 0 Å². The van der Waals surface area contributed by atoms with Crippen molar-refractivity contribution in [1.82, 2.24) is 5.32 Å². The minimum atomic E-state index is -1.33. The van der Waals surface area contributed by atoms with Gasteiger partial charge in [0.25, 0.3) is 0 Å². The maximum Gasteiger partial charge on any atom is 0.339 e. The number of rotatable bonds is 4. The molecule has 20 heavy (non-hydrogen) atoms. The van der Waals surface area contributed by atoms with E-state index < -0.39 is 12.1 Å². The van der Waals surface area contributed by atoms with Gasteiger partial charge in [0.05, 0.1) is 13.2 Å². The number of benzene rings is 1. The number of nitrogens with one attached hydrogen (secondary N) is 1. The summed E-state index contributed by atoms with van der Waals surface area (Å²) < 4.78 is 4.79. The van der Waals surface area contributed by atoms with Crippen molar-refractivity contribution in [2.24, 2.45) is 0 Å². The van der Waals surface area contributed by atoms with Crippen LogP contribution in [0.15, 0.2) is 24.3 Å². The molecule has 0 bridgehead atoms. The van der Waals surface area contributed by atoms with Gasteiger partial charge >= 0.3 is 5.97 Å². The molecular formula is C14H18N2O4. The van der Waals surface area contributed by atoms with Crippen molar-refractivity contribution < 1.29 is 19.4 Å². The fourth-order valence-corrected chi connectivity index (χ4v) is 2.10. The van der Waals surface area contributed by atoms with Crippen LogP contribution in [0.1, 0.15) is 18.6 Å². The Balaban J connectivity index is 2.19. The summed E-state index contributed by atoms with van der Waals surface area (Å²) in [4.78, 5) is 25.0. The van der Waals surface area contributed by atoms with Crippen molar-refractivity contribution in [3.8, 4) is 0 Å². The van der Waals surface area contributed by atoms with Gasteiger partial charge in [0, 0.05) is 18.8 Å². The van der Waals surface area contributed by atoms with Gasteiger partial charge in [0.2, 0.25) is 5.91 Å². The Bertz CT molecular complexity index is 504. The first kappa shape index (κ1) is 14.5. The van der Waals surface area contributed by atoms with Crippen molar-refractivity contribution in [2.45, 2.75) is 13.0 Å². The number of esters is 1. The molecule has 0 aliphatic carbocycles. The Morgan fingerprint density at radius 3 is 3.05 bits per heavy atom. The van der Waals surface area contributed by atoms with Crippen molar-refractivity contribution >= 4 is 17.6 Å². The molecular weight excluding hydrogens is 260 g/mol. The number of piperazine rings is 1. The Hall–Kier alpha value is -1.92. The molecule has 1 fully saturated rings. The van der Waals surface area contributed by atoms with Gasteiger partial charge in [-0.05, 0) is 24.6 Å². The summed E-state index contributed by atoms with van der Waals surface area (Å²) in [5, 5.41) is 12.9. The van der Waals surface area contributed by atoms with E-state index in [1.807, 2.05) is 0 Å². The number of aliphatic hydroxyl groups excluding tert-OH is 1. The fraction of sp³-hybridized carbons (Fsp3) is 0.429. The molecule has 1 unspecified atom stereocenters. The van der Waals surface area contributed by atoms with Gasteiger partial charge in [0.15, 0.2) is 6.10 Å². The number of ether oxygens (including phenoxy) is 1. The Morgan fingerprint density at radius 1 is 1.55 bits per heavy atom. The van der Waals surface area contributed by atoms with Gasteiger partial charge in [-0.15, -0.1) is 0 Å². The third kappa shape index (κ3) is 3.15. The lowest BCUT2D eigenvalue weighted by molar-refractivity contribution is -0.153. The van der Waals surface area contributed by atoms with Crippen LogP contribution in [0.2, 0.25) is 0 Å². The maximum absolute atomic E-state index is 11.8. The van der Waals surface area contributed by atoms with E-state index in [4.69, 9.17) is 4.74 Å². The molecule has 6 nitrogen and oxygen atoms in total. The van der Waals surface area contributed by atoms with E-state index in [9.17, 15) is 14.7 Å². The predicted molar refractivity (Wildman–Crippen MR) is 73.3 cm³/mol. The highest BCUT2D eigenvalue weighted by atomic mass is 16.5. The zero-order valence-corrected chi connectivity index (χ0v) is 11.3. The SMILES string of the molecule is CCOC(=O)C(O)c1cccc(N2CCNCC2=O)c1. The Labute approximate surface area is 117 Å². The molecule has 1 atom stereocenters. The normalized spacial score (nSPS) is 16.9. The average molecular weight is 278 g/mol. The second-order valence-corrected chi connectivity index (χ2v) is 4.47. The van der Waals surface area contributed by atoms with Crippen LogP contribution in [-0.4, -0.2) is 43.2 Å². The van der Waals surface area contributed by atoms with Gasteiger partial charge in [-0.2, -0.15) is 0 Å². The molecule has 108 valence electrons. The summed E-state index contributed by atoms with van der Waals surface area (Å²) in [5.74, 6) is -0.713. The van der Waals surface area contributed by atoms with Crippen molar-refractivity contribution in [1.29, 1.82) is 0 Å². The summed E-state index contributed by atoms with van der Waals surface area (Å²) in [7, 11) is 0. The number of hydrogen-bond acceptors (Lipinski definition) is 5.